The molecule has 134 valence electrons. The molecule has 1 aromatic carbocycles. The Kier molecular flexibility index (Phi) is 4.15. The van der Waals surface area contributed by atoms with Crippen LogP contribution in [-0.4, -0.2) is 30.5 Å². The topological polar surface area (TPSA) is 83.5 Å². The van der Waals surface area contributed by atoms with Gasteiger partial charge in [-0.25, -0.2) is 4.79 Å². The summed E-state index contributed by atoms with van der Waals surface area (Å²) in [6.45, 7) is 2.70. The molecule has 6 nitrogen and oxygen atoms in total. The maximum Gasteiger partial charge on any atom is 0.339 e. The summed E-state index contributed by atoms with van der Waals surface area (Å²) in [5.74, 6) is 0.340. The normalized spacial score (nSPS) is 16.7. The first-order chi connectivity index (χ1) is 12.6. The van der Waals surface area contributed by atoms with Crippen molar-refractivity contribution in [2.24, 2.45) is 5.92 Å². The molecule has 1 aliphatic carbocycles. The zero-order valence-corrected chi connectivity index (χ0v) is 14.7. The quantitative estimate of drug-likeness (QED) is 0.792. The Labute approximate surface area is 151 Å². The maximum absolute atomic E-state index is 12.3. The fourth-order valence-corrected chi connectivity index (χ4v) is 3.78. The molecule has 1 amide bonds. The van der Waals surface area contributed by atoms with Gasteiger partial charge in [0.2, 0.25) is 0 Å². The number of nitrogens with zero attached hydrogens (tertiary/aromatic N) is 2. The second-order valence-electron chi connectivity index (χ2n) is 7.03. The molecule has 4 rings (SSSR count). The van der Waals surface area contributed by atoms with Crippen LogP contribution < -0.4 is 10.4 Å². The van der Waals surface area contributed by atoms with E-state index in [-0.39, 0.29) is 24.1 Å². The van der Waals surface area contributed by atoms with Crippen molar-refractivity contribution in [3.05, 3.63) is 39.2 Å². The molecule has 0 saturated carbocycles. The molecular weight excluding hydrogens is 332 g/mol. The van der Waals surface area contributed by atoms with E-state index in [0.29, 0.717) is 24.4 Å². The van der Waals surface area contributed by atoms with Crippen molar-refractivity contribution in [3.63, 3.8) is 0 Å². The van der Waals surface area contributed by atoms with Crippen LogP contribution in [0.1, 0.15) is 29.5 Å². The van der Waals surface area contributed by atoms with Crippen molar-refractivity contribution < 1.29 is 13.9 Å². The second-order valence-corrected chi connectivity index (χ2v) is 7.03. The largest absolute Gasteiger partial charge is 0.483 e. The van der Waals surface area contributed by atoms with E-state index in [9.17, 15) is 9.59 Å². The van der Waals surface area contributed by atoms with Gasteiger partial charge in [0.1, 0.15) is 11.3 Å². The van der Waals surface area contributed by atoms with Crippen LogP contribution in [0.5, 0.6) is 5.75 Å². The number of carbonyl (C=O) groups excluding carboxylic acids is 1. The number of fused-ring (bicyclic) bond motifs is 3. The van der Waals surface area contributed by atoms with Crippen LogP contribution in [0, 0.1) is 24.2 Å². The molecule has 1 fully saturated rings. The van der Waals surface area contributed by atoms with Gasteiger partial charge in [0.15, 0.2) is 6.61 Å². The van der Waals surface area contributed by atoms with Gasteiger partial charge < -0.3 is 14.1 Å². The highest BCUT2D eigenvalue weighted by Crippen LogP contribution is 2.32. The van der Waals surface area contributed by atoms with Crippen LogP contribution in [0.15, 0.2) is 21.3 Å². The van der Waals surface area contributed by atoms with Crippen molar-refractivity contribution in [1.29, 1.82) is 5.26 Å². The van der Waals surface area contributed by atoms with Gasteiger partial charge in [0.05, 0.1) is 12.0 Å². The molecule has 2 aromatic rings. The Morgan fingerprint density at radius 3 is 2.77 bits per heavy atom. The number of hydrogen-bond acceptors (Lipinski definition) is 5. The summed E-state index contributed by atoms with van der Waals surface area (Å²) < 4.78 is 11.3. The Morgan fingerprint density at radius 2 is 2.04 bits per heavy atom. The molecule has 2 aliphatic rings. The van der Waals surface area contributed by atoms with Gasteiger partial charge in [-0.05, 0) is 50.3 Å². The van der Waals surface area contributed by atoms with Crippen molar-refractivity contribution in [1.82, 2.24) is 4.90 Å². The number of amides is 1. The Hall–Kier alpha value is -2.81. The van der Waals surface area contributed by atoms with Gasteiger partial charge in [-0.15, -0.1) is 0 Å². The number of likely N-dealkylation sites (tertiary alicyclic amines) is 1. The lowest BCUT2D eigenvalue weighted by molar-refractivity contribution is -0.138. The zero-order chi connectivity index (χ0) is 18.3. The van der Waals surface area contributed by atoms with Crippen molar-refractivity contribution >= 4 is 16.9 Å². The SMILES string of the molecule is Cc1c(OCC(=O)N2CC(C#N)C2)ccc2c3c(c(=O)oc12)CCCC3. The molecule has 26 heavy (non-hydrogen) atoms. The lowest BCUT2D eigenvalue weighted by Gasteiger charge is -2.35. The molecule has 6 heteroatoms. The number of carbonyl (C=O) groups is 1. The molecule has 0 N–H and O–H groups in total. The molecule has 0 radical (unpaired) electrons. The summed E-state index contributed by atoms with van der Waals surface area (Å²) in [5.41, 5.74) is 2.92. The van der Waals surface area contributed by atoms with Crippen LogP contribution in [0.25, 0.3) is 11.0 Å². The van der Waals surface area contributed by atoms with Crippen molar-refractivity contribution in [2.45, 2.75) is 32.6 Å². The predicted octanol–water partition coefficient (Wildman–Crippen LogP) is 2.34. The molecule has 2 heterocycles. The Balaban J connectivity index is 1.57. The molecule has 0 atom stereocenters. The van der Waals surface area contributed by atoms with Crippen LogP contribution in [0.4, 0.5) is 0 Å². The van der Waals surface area contributed by atoms with E-state index in [1.807, 2.05) is 19.1 Å². The summed E-state index contributed by atoms with van der Waals surface area (Å²) in [5, 5.41) is 9.75. The number of hydrogen-bond donors (Lipinski definition) is 0. The summed E-state index contributed by atoms with van der Waals surface area (Å²) in [6, 6.07) is 5.91. The first-order valence-corrected chi connectivity index (χ1v) is 8.97. The average Bonchev–Trinajstić information content (AvgIpc) is 2.61. The predicted molar refractivity (Wildman–Crippen MR) is 95.0 cm³/mol. The highest BCUT2D eigenvalue weighted by Gasteiger charge is 2.30. The number of ether oxygens (including phenoxy) is 1. The van der Waals surface area contributed by atoms with Gasteiger partial charge in [0, 0.05) is 29.6 Å². The summed E-state index contributed by atoms with van der Waals surface area (Å²) in [4.78, 5) is 26.0. The second kappa shape index (κ2) is 6.49. The van der Waals surface area contributed by atoms with Crippen molar-refractivity contribution in [3.8, 4) is 11.8 Å². The standard InChI is InChI=1S/C20H20N2O4/c1-12-17(25-11-18(23)22-9-13(8-21)10-22)7-6-15-14-4-2-3-5-16(14)20(24)26-19(12)15/h6-7,13H,2-5,9-11H2,1H3. The zero-order valence-electron chi connectivity index (χ0n) is 14.7. The minimum Gasteiger partial charge on any atom is -0.483 e. The fraction of sp³-hybridized carbons (Fsp3) is 0.450. The lowest BCUT2D eigenvalue weighted by Crippen LogP contribution is -2.51. The summed E-state index contributed by atoms with van der Waals surface area (Å²) >= 11 is 0. The third-order valence-corrected chi connectivity index (χ3v) is 5.36. The van der Waals surface area contributed by atoms with E-state index < -0.39 is 0 Å². The highest BCUT2D eigenvalue weighted by atomic mass is 16.5. The monoisotopic (exact) mass is 352 g/mol. The van der Waals surface area contributed by atoms with E-state index in [1.54, 1.807) is 4.90 Å². The smallest absolute Gasteiger partial charge is 0.339 e. The molecule has 1 saturated heterocycles. The molecule has 1 aromatic heterocycles. The molecule has 0 spiro atoms. The first kappa shape index (κ1) is 16.6. The average molecular weight is 352 g/mol. The fourth-order valence-electron chi connectivity index (χ4n) is 3.78. The van der Waals surface area contributed by atoms with Crippen LogP contribution >= 0.6 is 0 Å². The van der Waals surface area contributed by atoms with Gasteiger partial charge in [0.25, 0.3) is 5.91 Å². The van der Waals surface area contributed by atoms with E-state index >= 15 is 0 Å². The minimum atomic E-state index is -0.258. The minimum absolute atomic E-state index is 0.0678. The van der Waals surface area contributed by atoms with Gasteiger partial charge in [-0.3, -0.25) is 4.79 Å². The van der Waals surface area contributed by atoms with Crippen LogP contribution in [0.3, 0.4) is 0 Å². The molecule has 0 bridgehead atoms. The molecular formula is C20H20N2O4. The van der Waals surface area contributed by atoms with Crippen LogP contribution in [-0.2, 0) is 17.6 Å². The van der Waals surface area contributed by atoms with Crippen LogP contribution in [0.2, 0.25) is 0 Å². The third kappa shape index (κ3) is 2.74. The van der Waals surface area contributed by atoms with Gasteiger partial charge in [-0.2, -0.15) is 5.26 Å². The number of rotatable bonds is 3. The highest BCUT2D eigenvalue weighted by molar-refractivity contribution is 5.86. The number of aryl methyl sites for hydroxylation is 2. The first-order valence-electron chi connectivity index (χ1n) is 8.97. The number of nitriles is 1. The Morgan fingerprint density at radius 1 is 1.31 bits per heavy atom. The lowest BCUT2D eigenvalue weighted by atomic mass is 9.90. The third-order valence-electron chi connectivity index (χ3n) is 5.36. The van der Waals surface area contributed by atoms with Gasteiger partial charge >= 0.3 is 5.63 Å². The Bertz CT molecular complexity index is 980. The van der Waals surface area contributed by atoms with E-state index in [4.69, 9.17) is 14.4 Å². The van der Waals surface area contributed by atoms with Crippen molar-refractivity contribution in [2.75, 3.05) is 19.7 Å². The number of benzene rings is 1. The van der Waals surface area contributed by atoms with E-state index in [2.05, 4.69) is 6.07 Å². The summed E-state index contributed by atoms with van der Waals surface area (Å²) in [7, 11) is 0. The maximum atomic E-state index is 12.3. The molecule has 1 aliphatic heterocycles. The van der Waals surface area contributed by atoms with Gasteiger partial charge in [-0.1, -0.05) is 0 Å². The summed E-state index contributed by atoms with van der Waals surface area (Å²) in [6.07, 6.45) is 3.77. The molecule has 0 unspecified atom stereocenters. The van der Waals surface area contributed by atoms with E-state index in [0.717, 1.165) is 47.8 Å². The van der Waals surface area contributed by atoms with E-state index in [1.165, 1.54) is 0 Å².